The van der Waals surface area contributed by atoms with Crippen molar-refractivity contribution in [2.75, 3.05) is 0 Å². The molecule has 0 aromatic heterocycles. The summed E-state index contributed by atoms with van der Waals surface area (Å²) in [6.45, 7) is 3.86. The molecular formula is C24H23NO3. The van der Waals surface area contributed by atoms with Crippen LogP contribution in [-0.4, -0.2) is 17.3 Å². The molecule has 4 heteroatoms. The molecule has 1 aliphatic carbocycles. The topological polar surface area (TPSA) is 58.6 Å². The first-order valence-corrected chi connectivity index (χ1v) is 9.47. The van der Waals surface area contributed by atoms with E-state index in [1.54, 1.807) is 0 Å². The maximum absolute atomic E-state index is 12.4. The van der Waals surface area contributed by atoms with Crippen molar-refractivity contribution in [2.45, 2.75) is 25.4 Å². The van der Waals surface area contributed by atoms with E-state index in [4.69, 9.17) is 5.26 Å². The van der Waals surface area contributed by atoms with Crippen molar-refractivity contribution in [2.24, 2.45) is 5.92 Å². The molecule has 0 heterocycles. The Bertz CT molecular complexity index is 952. The molecule has 0 radical (unpaired) electrons. The summed E-state index contributed by atoms with van der Waals surface area (Å²) in [6.07, 6.45) is 0. The maximum atomic E-state index is 12.4. The van der Waals surface area contributed by atoms with Gasteiger partial charge in [-0.15, -0.1) is 0 Å². The fourth-order valence-electron chi connectivity index (χ4n) is 4.26. The molecule has 1 atom stereocenters. The average Bonchev–Trinajstić information content (AvgIpc) is 3.03. The predicted molar refractivity (Wildman–Crippen MR) is 109 cm³/mol. The molecule has 0 bridgehead atoms. The van der Waals surface area contributed by atoms with Crippen molar-refractivity contribution in [1.82, 2.24) is 5.32 Å². The molecule has 4 rings (SSSR count). The summed E-state index contributed by atoms with van der Waals surface area (Å²) in [5, 5.41) is 12.7. The molecule has 2 N–H and O–H groups in total. The van der Waals surface area contributed by atoms with Gasteiger partial charge in [-0.3, -0.25) is 10.2 Å². The zero-order valence-corrected chi connectivity index (χ0v) is 15.9. The number of nitrogens with one attached hydrogen (secondary N) is 1. The van der Waals surface area contributed by atoms with Crippen molar-refractivity contribution in [1.29, 1.82) is 0 Å². The van der Waals surface area contributed by atoms with Crippen LogP contribution in [0.5, 0.6) is 0 Å². The molecule has 0 saturated heterocycles. The van der Waals surface area contributed by atoms with Gasteiger partial charge in [0.15, 0.2) is 0 Å². The van der Waals surface area contributed by atoms with E-state index >= 15 is 0 Å². The van der Waals surface area contributed by atoms with E-state index in [1.165, 1.54) is 0 Å². The Balaban J connectivity index is 2.02. The molecule has 1 unspecified atom stereocenters. The number of hydrogen-bond donors (Lipinski definition) is 2. The van der Waals surface area contributed by atoms with Gasteiger partial charge >= 0.3 is 5.97 Å². The van der Waals surface area contributed by atoms with E-state index in [9.17, 15) is 4.79 Å². The van der Waals surface area contributed by atoms with E-state index in [-0.39, 0.29) is 5.92 Å². The van der Waals surface area contributed by atoms with Crippen molar-refractivity contribution in [3.8, 4) is 11.1 Å². The zero-order valence-electron chi connectivity index (χ0n) is 15.9. The SMILES string of the molecule is CC(C)C(NC1(c2ccccc2)c2ccccc2-c2ccccc21)C(=O)OO. The molecule has 3 aromatic rings. The molecule has 0 spiro atoms. The van der Waals surface area contributed by atoms with Gasteiger partial charge < -0.3 is 0 Å². The highest BCUT2D eigenvalue weighted by molar-refractivity contribution is 5.84. The second kappa shape index (κ2) is 7.23. The Morgan fingerprint density at radius 1 is 0.857 bits per heavy atom. The lowest BCUT2D eigenvalue weighted by Crippen LogP contribution is -2.54. The van der Waals surface area contributed by atoms with Crippen molar-refractivity contribution in [3.63, 3.8) is 0 Å². The maximum Gasteiger partial charge on any atom is 0.359 e. The molecule has 4 nitrogen and oxygen atoms in total. The van der Waals surface area contributed by atoms with Crippen LogP contribution in [0.4, 0.5) is 0 Å². The van der Waals surface area contributed by atoms with E-state index in [0.717, 1.165) is 27.8 Å². The smallest absolute Gasteiger partial charge is 0.299 e. The third-order valence-electron chi connectivity index (χ3n) is 5.54. The highest BCUT2D eigenvalue weighted by Gasteiger charge is 2.47. The van der Waals surface area contributed by atoms with Gasteiger partial charge in [0.05, 0.1) is 5.54 Å². The molecule has 0 amide bonds. The van der Waals surface area contributed by atoms with Crippen LogP contribution in [0, 0.1) is 5.92 Å². The quantitative estimate of drug-likeness (QED) is 0.507. The van der Waals surface area contributed by atoms with Gasteiger partial charge in [-0.05, 0) is 33.7 Å². The van der Waals surface area contributed by atoms with Crippen LogP contribution in [0.1, 0.15) is 30.5 Å². The van der Waals surface area contributed by atoms with Crippen LogP contribution in [0.2, 0.25) is 0 Å². The first kappa shape index (κ1) is 18.4. The second-order valence-corrected chi connectivity index (χ2v) is 7.48. The first-order valence-electron chi connectivity index (χ1n) is 9.47. The molecular weight excluding hydrogens is 350 g/mol. The van der Waals surface area contributed by atoms with E-state index in [1.807, 2.05) is 56.3 Å². The number of benzene rings is 3. The molecule has 0 saturated carbocycles. The van der Waals surface area contributed by atoms with Crippen LogP contribution < -0.4 is 5.32 Å². The fraction of sp³-hybridized carbons (Fsp3) is 0.208. The molecule has 0 fully saturated rings. The van der Waals surface area contributed by atoms with Crippen LogP contribution in [0.25, 0.3) is 11.1 Å². The number of rotatable bonds is 5. The number of carbonyl (C=O) groups is 1. The van der Waals surface area contributed by atoms with Crippen LogP contribution >= 0.6 is 0 Å². The third-order valence-corrected chi connectivity index (χ3v) is 5.54. The van der Waals surface area contributed by atoms with Crippen molar-refractivity contribution >= 4 is 5.97 Å². The van der Waals surface area contributed by atoms with Crippen molar-refractivity contribution < 1.29 is 14.9 Å². The van der Waals surface area contributed by atoms with Crippen LogP contribution in [0.15, 0.2) is 78.9 Å². The van der Waals surface area contributed by atoms with Gasteiger partial charge in [0.1, 0.15) is 6.04 Å². The largest absolute Gasteiger partial charge is 0.359 e. The van der Waals surface area contributed by atoms with Gasteiger partial charge in [-0.25, -0.2) is 4.79 Å². The number of hydrogen-bond acceptors (Lipinski definition) is 4. The third kappa shape index (κ3) is 2.73. The molecule has 0 aliphatic heterocycles. The Morgan fingerprint density at radius 2 is 1.36 bits per heavy atom. The van der Waals surface area contributed by atoms with E-state index in [0.29, 0.717) is 0 Å². The Labute approximate surface area is 164 Å². The summed E-state index contributed by atoms with van der Waals surface area (Å²) < 4.78 is 0. The van der Waals surface area contributed by atoms with Crippen molar-refractivity contribution in [3.05, 3.63) is 95.6 Å². The lowest BCUT2D eigenvalue weighted by atomic mass is 9.79. The van der Waals surface area contributed by atoms with Crippen LogP contribution in [0.3, 0.4) is 0 Å². The lowest BCUT2D eigenvalue weighted by Gasteiger charge is -2.37. The standard InChI is InChI=1S/C24H23NO3/c1-16(2)22(23(26)28-27)25-24(17-10-4-3-5-11-17)20-14-8-6-12-18(20)19-13-7-9-15-21(19)24/h3-16,22,25,27H,1-2H3. The highest BCUT2D eigenvalue weighted by Crippen LogP contribution is 2.51. The molecule has 142 valence electrons. The first-order chi connectivity index (χ1) is 13.6. The Morgan fingerprint density at radius 3 is 1.86 bits per heavy atom. The van der Waals surface area contributed by atoms with Gasteiger partial charge in [-0.1, -0.05) is 92.7 Å². The minimum absolute atomic E-state index is 0.0832. The molecule has 28 heavy (non-hydrogen) atoms. The lowest BCUT2D eigenvalue weighted by molar-refractivity contribution is -0.238. The van der Waals surface area contributed by atoms with E-state index in [2.05, 4.69) is 46.6 Å². The van der Waals surface area contributed by atoms with E-state index < -0.39 is 17.6 Å². The Hall–Kier alpha value is -2.95. The summed E-state index contributed by atoms with van der Waals surface area (Å²) in [6, 6.07) is 25.9. The van der Waals surface area contributed by atoms with Gasteiger partial charge in [0.25, 0.3) is 0 Å². The summed E-state index contributed by atoms with van der Waals surface area (Å²) in [7, 11) is 0. The second-order valence-electron chi connectivity index (χ2n) is 7.48. The fourth-order valence-corrected chi connectivity index (χ4v) is 4.26. The van der Waals surface area contributed by atoms with Crippen LogP contribution in [-0.2, 0) is 15.2 Å². The monoisotopic (exact) mass is 373 g/mol. The average molecular weight is 373 g/mol. The molecule has 3 aromatic carbocycles. The summed E-state index contributed by atoms with van der Waals surface area (Å²) >= 11 is 0. The predicted octanol–water partition coefficient (Wildman–Crippen LogP) is 4.59. The number of carbonyl (C=O) groups excluding carboxylic acids is 1. The zero-order chi connectivity index (χ0) is 19.7. The molecule has 1 aliphatic rings. The van der Waals surface area contributed by atoms with Gasteiger partial charge in [0, 0.05) is 0 Å². The number of fused-ring (bicyclic) bond motifs is 3. The highest BCUT2D eigenvalue weighted by atomic mass is 17.1. The van der Waals surface area contributed by atoms with Gasteiger partial charge in [-0.2, -0.15) is 5.26 Å². The Kier molecular flexibility index (Phi) is 4.75. The normalized spacial score (nSPS) is 15.0. The summed E-state index contributed by atoms with van der Waals surface area (Å²) in [5.41, 5.74) is 4.74. The van der Waals surface area contributed by atoms with Gasteiger partial charge in [0.2, 0.25) is 0 Å². The summed E-state index contributed by atoms with van der Waals surface area (Å²) in [5.74, 6) is -0.771. The minimum atomic E-state index is -0.725. The summed E-state index contributed by atoms with van der Waals surface area (Å²) in [4.78, 5) is 16.5. The minimum Gasteiger partial charge on any atom is -0.299 e.